The zero-order chi connectivity index (χ0) is 42.8. The van der Waals surface area contributed by atoms with Crippen molar-refractivity contribution in [3.8, 4) is 0 Å². The van der Waals surface area contributed by atoms with Crippen molar-refractivity contribution in [2.45, 2.75) is 90.4 Å². The molecule has 0 aliphatic heterocycles. The first-order valence-corrected chi connectivity index (χ1v) is 21.6. The quantitative estimate of drug-likeness (QED) is 0.0557. The van der Waals surface area contributed by atoms with Gasteiger partial charge in [0.05, 0.1) is 12.6 Å². The minimum atomic E-state index is -4.42. The van der Waals surface area contributed by atoms with Gasteiger partial charge in [-0.1, -0.05) is 149 Å². The highest BCUT2D eigenvalue weighted by molar-refractivity contribution is 7.60. The molecule has 0 bridgehead atoms. The molecule has 0 aromatic heterocycles. The topological polar surface area (TPSA) is 181 Å². The van der Waals surface area contributed by atoms with E-state index in [9.17, 15) is 24.3 Å². The summed E-state index contributed by atoms with van der Waals surface area (Å²) in [5.74, 6) is -5.36. The number of amides is 4. The number of benzene rings is 4. The summed E-state index contributed by atoms with van der Waals surface area (Å²) in [7, 11) is -4.42. The van der Waals surface area contributed by atoms with Crippen LogP contribution in [0.2, 0.25) is 0 Å². The summed E-state index contributed by atoms with van der Waals surface area (Å²) in [6.07, 6.45) is -1.65. The predicted octanol–water partition coefficient (Wildman–Crippen LogP) is 6.93. The fourth-order valence-electron chi connectivity index (χ4n) is 6.39. The maximum Gasteiger partial charge on any atom is 0.408 e. The second kappa shape index (κ2) is 23.2. The van der Waals surface area contributed by atoms with Crippen LogP contribution >= 0.6 is 7.37 Å². The van der Waals surface area contributed by atoms with Gasteiger partial charge in [0.1, 0.15) is 31.1 Å². The molecule has 4 aromatic carbocycles. The molecule has 0 aliphatic rings. The van der Waals surface area contributed by atoms with Crippen LogP contribution in [-0.4, -0.2) is 65.5 Å². The lowest BCUT2D eigenvalue weighted by atomic mass is 10.0. The van der Waals surface area contributed by atoms with E-state index in [4.69, 9.17) is 14.0 Å². The summed E-state index contributed by atoms with van der Waals surface area (Å²) >= 11 is 0. The molecule has 4 amide bonds. The molecule has 5 N–H and O–H groups in total. The molecule has 3 unspecified atom stereocenters. The molecular formula is C45H57N4O9P. The highest BCUT2D eigenvalue weighted by Crippen LogP contribution is 2.57. The monoisotopic (exact) mass is 828 g/mol. The van der Waals surface area contributed by atoms with E-state index >= 15 is 4.57 Å². The number of hydrogen-bond donors (Lipinski definition) is 5. The Bertz CT molecular complexity index is 1950. The molecule has 0 aliphatic carbocycles. The Labute approximate surface area is 347 Å². The van der Waals surface area contributed by atoms with E-state index in [1.165, 1.54) is 0 Å². The van der Waals surface area contributed by atoms with Crippen molar-refractivity contribution < 1.29 is 42.8 Å². The fourth-order valence-corrected chi connectivity index (χ4v) is 8.95. The molecular weight excluding hydrogens is 771 g/mol. The van der Waals surface area contributed by atoms with Crippen LogP contribution in [0.1, 0.15) is 56.9 Å². The summed E-state index contributed by atoms with van der Waals surface area (Å²) < 4.78 is 32.3. The van der Waals surface area contributed by atoms with Crippen LogP contribution in [0.25, 0.3) is 0 Å². The molecule has 0 saturated carbocycles. The van der Waals surface area contributed by atoms with Crippen LogP contribution in [0.5, 0.6) is 0 Å². The van der Waals surface area contributed by atoms with E-state index in [0.29, 0.717) is 11.1 Å². The lowest BCUT2D eigenvalue weighted by Gasteiger charge is -2.37. The van der Waals surface area contributed by atoms with E-state index in [1.54, 1.807) is 107 Å². The van der Waals surface area contributed by atoms with E-state index < -0.39 is 73.0 Å². The minimum Gasteiger partial charge on any atom is -0.445 e. The average molecular weight is 829 g/mol. The van der Waals surface area contributed by atoms with Crippen molar-refractivity contribution in [3.05, 3.63) is 144 Å². The fraction of sp³-hybridized carbons (Fsp3) is 0.378. The molecule has 14 heteroatoms. The lowest BCUT2D eigenvalue weighted by Crippen LogP contribution is -2.56. The van der Waals surface area contributed by atoms with Crippen LogP contribution in [0.4, 0.5) is 9.59 Å². The largest absolute Gasteiger partial charge is 0.445 e. The SMILES string of the molecule is CCOP(=O)(C(O)C(Cc1ccccc1)NC(=O)[C@@H](NC(=O)OCc1ccccc1)C(C)C)[C@H](Cc1ccccc1)NC(=O)[C@@H](NC(=O)OCc1ccccc1)C(C)C. The van der Waals surface area contributed by atoms with Crippen molar-refractivity contribution in [1.82, 2.24) is 21.3 Å². The first kappa shape index (κ1) is 46.2. The van der Waals surface area contributed by atoms with Gasteiger partial charge in [-0.15, -0.1) is 0 Å². The van der Waals surface area contributed by atoms with E-state index in [2.05, 4.69) is 21.3 Å². The van der Waals surface area contributed by atoms with Gasteiger partial charge in [-0.2, -0.15) is 0 Å². The Morgan fingerprint density at radius 1 is 0.559 bits per heavy atom. The first-order valence-electron chi connectivity index (χ1n) is 19.9. The lowest BCUT2D eigenvalue weighted by molar-refractivity contribution is -0.126. The molecule has 0 radical (unpaired) electrons. The van der Waals surface area contributed by atoms with Gasteiger partial charge in [0.2, 0.25) is 11.8 Å². The maximum atomic E-state index is 15.5. The number of carbonyl (C=O) groups excluding carboxylic acids is 4. The van der Waals surface area contributed by atoms with Crippen LogP contribution in [-0.2, 0) is 54.2 Å². The second-order valence-electron chi connectivity index (χ2n) is 14.9. The molecule has 316 valence electrons. The third-order valence-electron chi connectivity index (χ3n) is 9.57. The smallest absolute Gasteiger partial charge is 0.408 e. The minimum absolute atomic E-state index is 0.0113. The third kappa shape index (κ3) is 14.4. The summed E-state index contributed by atoms with van der Waals surface area (Å²) in [5, 5.41) is 23.4. The van der Waals surface area contributed by atoms with Gasteiger partial charge < -0.3 is 40.4 Å². The summed E-state index contributed by atoms with van der Waals surface area (Å²) in [5.41, 5.74) is 2.92. The Kier molecular flexibility index (Phi) is 18.2. The number of alkyl carbamates (subject to hydrolysis) is 2. The number of aliphatic hydroxyl groups is 1. The van der Waals surface area contributed by atoms with Crippen LogP contribution in [0.3, 0.4) is 0 Å². The summed E-state index contributed by atoms with van der Waals surface area (Å²) in [6, 6.07) is 32.7. The molecule has 6 atom stereocenters. The van der Waals surface area contributed by atoms with Crippen LogP contribution < -0.4 is 21.3 Å². The molecule has 4 aromatic rings. The van der Waals surface area contributed by atoms with Gasteiger partial charge in [-0.3, -0.25) is 14.2 Å². The number of carbonyl (C=O) groups is 4. The van der Waals surface area contributed by atoms with Gasteiger partial charge in [-0.05, 0) is 47.4 Å². The van der Waals surface area contributed by atoms with E-state index in [-0.39, 0.29) is 32.7 Å². The highest BCUT2D eigenvalue weighted by Gasteiger charge is 2.47. The Balaban J connectivity index is 1.63. The number of rotatable bonds is 21. The molecule has 0 heterocycles. The molecule has 13 nitrogen and oxygen atoms in total. The Hall–Kier alpha value is -5.49. The normalized spacial score (nSPS) is 14.8. The standard InChI is InChI=1S/C45H57N4O9P/c1-6-58-59(55,38(28-34-21-13-8-14-22-34)47-42(51)40(32(4)5)49-45(54)57-30-36-25-17-10-18-26-36)43(52)37(27-33-19-11-7-12-20-33)46-41(50)39(31(2)3)48-44(53)56-29-35-23-15-9-16-24-35/h7-26,31-32,37-40,43,52H,6,27-30H2,1-5H3,(H,46,50)(H,47,51)(H,48,53)(H,49,54)/t37?,38-,39+,40+,43?,59?/m1/s1. The first-order chi connectivity index (χ1) is 28.3. The van der Waals surface area contributed by atoms with Gasteiger partial charge in [0, 0.05) is 6.42 Å². The zero-order valence-electron chi connectivity index (χ0n) is 34.3. The zero-order valence-corrected chi connectivity index (χ0v) is 35.2. The molecule has 0 fully saturated rings. The maximum absolute atomic E-state index is 15.5. The van der Waals surface area contributed by atoms with Crippen molar-refractivity contribution in [3.63, 3.8) is 0 Å². The van der Waals surface area contributed by atoms with Crippen LogP contribution in [0.15, 0.2) is 121 Å². The van der Waals surface area contributed by atoms with Gasteiger partial charge in [-0.25, -0.2) is 9.59 Å². The molecule has 0 spiro atoms. The number of hydrogen-bond acceptors (Lipinski definition) is 9. The van der Waals surface area contributed by atoms with E-state index in [0.717, 1.165) is 11.1 Å². The van der Waals surface area contributed by atoms with Gasteiger partial charge in [0.15, 0.2) is 5.85 Å². The molecule has 59 heavy (non-hydrogen) atoms. The second-order valence-corrected chi connectivity index (χ2v) is 17.6. The highest BCUT2D eigenvalue weighted by atomic mass is 31.2. The molecule has 0 saturated heterocycles. The third-order valence-corrected chi connectivity index (χ3v) is 12.5. The number of ether oxygens (including phenoxy) is 2. The van der Waals surface area contributed by atoms with Crippen molar-refractivity contribution in [1.29, 1.82) is 0 Å². The molecule has 4 rings (SSSR count). The Morgan fingerprint density at radius 2 is 0.932 bits per heavy atom. The van der Waals surface area contributed by atoms with Gasteiger partial charge >= 0.3 is 12.2 Å². The van der Waals surface area contributed by atoms with Gasteiger partial charge in [0.25, 0.3) is 7.37 Å². The Morgan fingerprint density at radius 3 is 1.32 bits per heavy atom. The van der Waals surface area contributed by atoms with Crippen molar-refractivity contribution in [2.75, 3.05) is 6.61 Å². The summed E-state index contributed by atoms with van der Waals surface area (Å²) in [6.45, 7) is 8.46. The van der Waals surface area contributed by atoms with E-state index in [1.807, 2.05) is 48.5 Å². The van der Waals surface area contributed by atoms with Crippen LogP contribution in [0, 0.1) is 11.8 Å². The number of nitrogens with one attached hydrogen (secondary N) is 4. The predicted molar refractivity (Wildman–Crippen MR) is 226 cm³/mol. The number of aliphatic hydroxyl groups excluding tert-OH is 1. The average Bonchev–Trinajstić information content (AvgIpc) is 3.23. The summed E-state index contributed by atoms with van der Waals surface area (Å²) in [4.78, 5) is 54.1. The van der Waals surface area contributed by atoms with Crippen molar-refractivity contribution in [2.24, 2.45) is 11.8 Å². The van der Waals surface area contributed by atoms with Crippen molar-refractivity contribution >= 4 is 31.4 Å².